The van der Waals surface area contributed by atoms with Gasteiger partial charge in [0.1, 0.15) is 5.75 Å². The van der Waals surface area contributed by atoms with Crippen molar-refractivity contribution in [3.05, 3.63) is 71.6 Å². The molecule has 0 saturated carbocycles. The molecular formula is C16H16OS3. The van der Waals surface area contributed by atoms with E-state index in [-0.39, 0.29) is 0 Å². The van der Waals surface area contributed by atoms with Gasteiger partial charge in [0.25, 0.3) is 0 Å². The lowest BCUT2D eigenvalue weighted by Crippen LogP contribution is -1.76. The first kappa shape index (κ1) is 15.4. The van der Waals surface area contributed by atoms with Gasteiger partial charge in [0.05, 0.1) is 0 Å². The van der Waals surface area contributed by atoms with E-state index in [4.69, 9.17) is 0 Å². The third-order valence-corrected chi connectivity index (χ3v) is 5.42. The summed E-state index contributed by atoms with van der Waals surface area (Å²) in [6, 6.07) is 17.8. The van der Waals surface area contributed by atoms with Gasteiger partial charge in [-0.05, 0) is 35.2 Å². The van der Waals surface area contributed by atoms with E-state index >= 15 is 0 Å². The van der Waals surface area contributed by atoms with Crippen molar-refractivity contribution in [2.45, 2.75) is 10.6 Å². The molecule has 2 aromatic carbocycles. The Balaban J connectivity index is 1.59. The van der Waals surface area contributed by atoms with Gasteiger partial charge in [-0.3, -0.25) is 0 Å². The quantitative estimate of drug-likeness (QED) is 0.408. The molecule has 0 aromatic heterocycles. The molecule has 0 amide bonds. The average molecular weight is 321 g/mol. The van der Waals surface area contributed by atoms with Crippen LogP contribution in [0, 0.1) is 0 Å². The highest BCUT2D eigenvalue weighted by Gasteiger charge is 1.93. The Kier molecular flexibility index (Phi) is 6.98. The monoisotopic (exact) mass is 320 g/mol. The summed E-state index contributed by atoms with van der Waals surface area (Å²) in [5.74, 6) is 2.27. The van der Waals surface area contributed by atoms with Crippen molar-refractivity contribution in [2.75, 3.05) is 5.75 Å². The van der Waals surface area contributed by atoms with Gasteiger partial charge in [-0.2, -0.15) is 0 Å². The summed E-state index contributed by atoms with van der Waals surface area (Å²) in [4.78, 5) is 1.30. The lowest BCUT2D eigenvalue weighted by molar-refractivity contribution is 0.475. The molecule has 0 unspecified atom stereocenters. The predicted molar refractivity (Wildman–Crippen MR) is 93.3 cm³/mol. The molecule has 0 aliphatic heterocycles. The van der Waals surface area contributed by atoms with Crippen LogP contribution in [0.4, 0.5) is 0 Å². The smallest absolute Gasteiger partial charge is 0.115 e. The number of phenolic OH excluding ortho intramolecular Hbond substituents is 1. The molecule has 0 radical (unpaired) electrons. The maximum atomic E-state index is 9.19. The third kappa shape index (κ3) is 5.99. The second-order valence-electron chi connectivity index (χ2n) is 4.02. The molecule has 1 N–H and O–H groups in total. The zero-order chi connectivity index (χ0) is 14.0. The maximum absolute atomic E-state index is 9.19. The Morgan fingerprint density at radius 3 is 2.45 bits per heavy atom. The second kappa shape index (κ2) is 9.06. The number of rotatable bonds is 7. The van der Waals surface area contributed by atoms with E-state index in [1.807, 2.05) is 30.0 Å². The van der Waals surface area contributed by atoms with Gasteiger partial charge in [0.2, 0.25) is 0 Å². The summed E-state index contributed by atoms with van der Waals surface area (Å²) in [6.45, 7) is 0. The molecule has 104 valence electrons. The SMILES string of the molecule is Oc1ccc(CSS/C=C\CSc2ccccc2)cc1. The highest BCUT2D eigenvalue weighted by molar-refractivity contribution is 8.77. The van der Waals surface area contributed by atoms with Crippen LogP contribution in [0.3, 0.4) is 0 Å². The van der Waals surface area contributed by atoms with E-state index in [9.17, 15) is 5.11 Å². The molecule has 0 bridgehead atoms. The third-order valence-electron chi connectivity index (χ3n) is 2.47. The molecule has 0 atom stereocenters. The Morgan fingerprint density at radius 2 is 1.70 bits per heavy atom. The molecule has 0 aliphatic rings. The molecule has 0 fully saturated rings. The normalized spacial score (nSPS) is 11.0. The van der Waals surface area contributed by atoms with Gasteiger partial charge in [-0.15, -0.1) is 11.8 Å². The highest BCUT2D eigenvalue weighted by Crippen LogP contribution is 2.28. The predicted octanol–water partition coefficient (Wildman–Crippen LogP) is 5.58. The van der Waals surface area contributed by atoms with Crippen molar-refractivity contribution in [1.82, 2.24) is 0 Å². The number of phenols is 1. The molecular weight excluding hydrogens is 304 g/mol. The fourth-order valence-corrected chi connectivity index (χ4v) is 4.06. The average Bonchev–Trinajstić information content (AvgIpc) is 2.49. The minimum Gasteiger partial charge on any atom is -0.508 e. The number of hydrogen-bond donors (Lipinski definition) is 1. The molecule has 0 saturated heterocycles. The van der Waals surface area contributed by atoms with Crippen molar-refractivity contribution in [3.8, 4) is 5.75 Å². The summed E-state index contributed by atoms with van der Waals surface area (Å²) in [6.07, 6.45) is 2.19. The summed E-state index contributed by atoms with van der Waals surface area (Å²) in [5.41, 5.74) is 1.23. The van der Waals surface area contributed by atoms with E-state index in [2.05, 4.69) is 35.7 Å². The van der Waals surface area contributed by atoms with Crippen molar-refractivity contribution < 1.29 is 5.11 Å². The zero-order valence-electron chi connectivity index (χ0n) is 10.9. The van der Waals surface area contributed by atoms with E-state index in [1.54, 1.807) is 33.7 Å². The molecule has 1 nitrogen and oxygen atoms in total. The van der Waals surface area contributed by atoms with E-state index in [0.717, 1.165) is 11.5 Å². The molecule has 20 heavy (non-hydrogen) atoms. The molecule has 2 rings (SSSR count). The van der Waals surface area contributed by atoms with Gasteiger partial charge in [-0.1, -0.05) is 58.0 Å². The van der Waals surface area contributed by atoms with Crippen molar-refractivity contribution in [3.63, 3.8) is 0 Å². The molecule has 0 aliphatic carbocycles. The number of thioether (sulfide) groups is 1. The van der Waals surface area contributed by atoms with Gasteiger partial charge < -0.3 is 5.11 Å². The summed E-state index contributed by atoms with van der Waals surface area (Å²) in [5, 5.41) is 11.3. The minimum atomic E-state index is 0.323. The van der Waals surface area contributed by atoms with Crippen LogP contribution in [0.5, 0.6) is 5.75 Å². The van der Waals surface area contributed by atoms with Crippen LogP contribution >= 0.6 is 33.3 Å². The lowest BCUT2D eigenvalue weighted by Gasteiger charge is -1.99. The first-order chi connectivity index (χ1) is 9.84. The highest BCUT2D eigenvalue weighted by atomic mass is 33.1. The topological polar surface area (TPSA) is 20.2 Å². The van der Waals surface area contributed by atoms with Crippen LogP contribution in [-0.4, -0.2) is 10.9 Å². The van der Waals surface area contributed by atoms with Crippen molar-refractivity contribution in [2.24, 2.45) is 0 Å². The first-order valence-corrected chi connectivity index (χ1v) is 9.60. The van der Waals surface area contributed by atoms with Crippen LogP contribution in [0.15, 0.2) is 71.0 Å². The zero-order valence-corrected chi connectivity index (χ0v) is 13.4. The first-order valence-electron chi connectivity index (χ1n) is 6.23. The lowest BCUT2D eigenvalue weighted by atomic mass is 10.2. The van der Waals surface area contributed by atoms with Gasteiger partial charge in [0.15, 0.2) is 0 Å². The van der Waals surface area contributed by atoms with E-state index in [1.165, 1.54) is 10.5 Å². The summed E-state index contributed by atoms with van der Waals surface area (Å²) >= 11 is 1.84. The Bertz CT molecular complexity index is 523. The van der Waals surface area contributed by atoms with Crippen molar-refractivity contribution in [1.29, 1.82) is 0 Å². The summed E-state index contributed by atoms with van der Waals surface area (Å²) < 4.78 is 0. The fraction of sp³-hybridized carbons (Fsp3) is 0.125. The Hall–Kier alpha value is -0.970. The van der Waals surface area contributed by atoms with Crippen LogP contribution in [-0.2, 0) is 5.75 Å². The van der Waals surface area contributed by atoms with Gasteiger partial charge >= 0.3 is 0 Å². The number of hydrogen-bond acceptors (Lipinski definition) is 4. The van der Waals surface area contributed by atoms with Gasteiger partial charge in [0, 0.05) is 16.4 Å². The number of aromatic hydroxyl groups is 1. The second-order valence-corrected chi connectivity index (χ2v) is 7.39. The van der Waals surface area contributed by atoms with E-state index < -0.39 is 0 Å². The molecule has 2 aromatic rings. The summed E-state index contributed by atoms with van der Waals surface area (Å²) in [7, 11) is 3.55. The minimum absolute atomic E-state index is 0.323. The largest absolute Gasteiger partial charge is 0.508 e. The standard InChI is InChI=1S/C16H16OS3/c17-15-9-7-14(8-10-15)13-20-19-12-4-11-18-16-5-2-1-3-6-16/h1-10,12,17H,11,13H2/b12-4-. The van der Waals surface area contributed by atoms with Gasteiger partial charge in [-0.25, -0.2) is 0 Å². The number of benzene rings is 2. The molecule has 0 spiro atoms. The Labute approximate surface area is 132 Å². The Morgan fingerprint density at radius 1 is 0.950 bits per heavy atom. The van der Waals surface area contributed by atoms with Crippen LogP contribution in [0.2, 0.25) is 0 Å². The fourth-order valence-electron chi connectivity index (χ4n) is 1.47. The van der Waals surface area contributed by atoms with Crippen LogP contribution in [0.25, 0.3) is 0 Å². The van der Waals surface area contributed by atoms with Crippen LogP contribution < -0.4 is 0 Å². The van der Waals surface area contributed by atoms with E-state index in [0.29, 0.717) is 5.75 Å². The van der Waals surface area contributed by atoms with Crippen molar-refractivity contribution >= 4 is 33.3 Å². The van der Waals surface area contributed by atoms with Crippen LogP contribution in [0.1, 0.15) is 5.56 Å². The molecule has 4 heteroatoms. The molecule has 0 heterocycles. The maximum Gasteiger partial charge on any atom is 0.115 e.